The lowest BCUT2D eigenvalue weighted by atomic mass is 10.2. The molecule has 0 aliphatic carbocycles. The Kier molecular flexibility index (Phi) is 3.26. The Morgan fingerprint density at radius 2 is 2.00 bits per heavy atom. The predicted octanol–water partition coefficient (Wildman–Crippen LogP) is 3.04. The Morgan fingerprint density at radius 3 is 2.59 bits per heavy atom. The van der Waals surface area contributed by atoms with Gasteiger partial charge in [-0.2, -0.15) is 5.26 Å². The molecule has 0 radical (unpaired) electrons. The van der Waals surface area contributed by atoms with Crippen LogP contribution in [0.25, 0.3) is 0 Å². The highest BCUT2D eigenvalue weighted by molar-refractivity contribution is 9.10. The number of aromatic nitrogens is 1. The van der Waals surface area contributed by atoms with Crippen LogP contribution in [0.5, 0.6) is 0 Å². The first-order valence-corrected chi connectivity index (χ1v) is 5.66. The molecule has 1 heterocycles. The third-order valence-corrected chi connectivity index (χ3v) is 2.59. The fraction of sp³-hybridized carbons (Fsp3) is 0. The number of hydrogen-bond donors (Lipinski definition) is 2. The molecule has 2 aromatic rings. The molecule has 0 unspecified atom stereocenters. The Balaban J connectivity index is 2.23. The van der Waals surface area contributed by atoms with E-state index in [2.05, 4.69) is 32.3 Å². The van der Waals surface area contributed by atoms with E-state index in [-0.39, 0.29) is 0 Å². The van der Waals surface area contributed by atoms with Crippen LogP contribution in [0, 0.1) is 11.3 Å². The van der Waals surface area contributed by atoms with E-state index in [1.165, 1.54) is 0 Å². The number of nitrogen functional groups attached to an aromatic ring is 1. The summed E-state index contributed by atoms with van der Waals surface area (Å²) in [5, 5.41) is 11.8. The number of hydrogen-bond acceptors (Lipinski definition) is 4. The third-order valence-electron chi connectivity index (χ3n) is 2.16. The molecule has 0 bridgehead atoms. The maximum Gasteiger partial charge on any atom is 0.153 e. The zero-order chi connectivity index (χ0) is 12.3. The van der Waals surface area contributed by atoms with Gasteiger partial charge in [0.2, 0.25) is 0 Å². The number of rotatable bonds is 2. The second-order valence-corrected chi connectivity index (χ2v) is 4.32. The van der Waals surface area contributed by atoms with Gasteiger partial charge in [0, 0.05) is 16.4 Å². The van der Waals surface area contributed by atoms with Crippen molar-refractivity contribution in [1.82, 2.24) is 4.98 Å². The lowest BCUT2D eigenvalue weighted by Crippen LogP contribution is -1.98. The highest BCUT2D eigenvalue weighted by Crippen LogP contribution is 2.23. The number of nitrogens with zero attached hydrogens (tertiary/aromatic N) is 2. The molecule has 84 valence electrons. The van der Waals surface area contributed by atoms with Crippen molar-refractivity contribution < 1.29 is 0 Å². The highest BCUT2D eigenvalue weighted by Gasteiger charge is 2.02. The van der Waals surface area contributed by atoms with Gasteiger partial charge in [-0.1, -0.05) is 0 Å². The van der Waals surface area contributed by atoms with Crippen LogP contribution in [0.2, 0.25) is 0 Å². The van der Waals surface area contributed by atoms with E-state index in [4.69, 9.17) is 11.0 Å². The molecule has 5 heteroatoms. The van der Waals surface area contributed by atoms with Crippen LogP contribution in [0.15, 0.2) is 41.0 Å². The van der Waals surface area contributed by atoms with Crippen LogP contribution in [0.4, 0.5) is 17.2 Å². The summed E-state index contributed by atoms with van der Waals surface area (Å²) in [7, 11) is 0. The Labute approximate surface area is 107 Å². The van der Waals surface area contributed by atoms with Crippen molar-refractivity contribution in [2.45, 2.75) is 0 Å². The molecule has 3 N–H and O–H groups in total. The first kappa shape index (κ1) is 11.4. The second kappa shape index (κ2) is 4.85. The molecular formula is C12H9BrN4. The van der Waals surface area contributed by atoms with Crippen molar-refractivity contribution in [2.75, 3.05) is 11.1 Å². The third kappa shape index (κ3) is 2.74. The molecule has 0 atom stereocenters. The van der Waals surface area contributed by atoms with Gasteiger partial charge in [-0.25, -0.2) is 4.98 Å². The number of nitrogens with two attached hydrogens (primary N) is 1. The van der Waals surface area contributed by atoms with Crippen molar-refractivity contribution in [1.29, 1.82) is 5.26 Å². The van der Waals surface area contributed by atoms with Gasteiger partial charge in [-0.05, 0) is 46.3 Å². The van der Waals surface area contributed by atoms with E-state index in [0.29, 0.717) is 17.1 Å². The van der Waals surface area contributed by atoms with Gasteiger partial charge in [0.25, 0.3) is 0 Å². The number of anilines is 3. The molecule has 17 heavy (non-hydrogen) atoms. The van der Waals surface area contributed by atoms with Gasteiger partial charge in [-0.3, -0.25) is 0 Å². The van der Waals surface area contributed by atoms with Gasteiger partial charge in [0.15, 0.2) is 5.82 Å². The second-order valence-electron chi connectivity index (χ2n) is 3.41. The molecule has 1 aromatic heterocycles. The molecule has 0 spiro atoms. The summed E-state index contributed by atoms with van der Waals surface area (Å²) in [6.45, 7) is 0. The first-order chi connectivity index (χ1) is 8.19. The highest BCUT2D eigenvalue weighted by atomic mass is 79.9. The number of benzene rings is 1. The molecule has 4 nitrogen and oxygen atoms in total. The normalized spacial score (nSPS) is 9.65. The van der Waals surface area contributed by atoms with Crippen LogP contribution in [0.1, 0.15) is 5.56 Å². The van der Waals surface area contributed by atoms with Gasteiger partial charge >= 0.3 is 0 Å². The molecule has 0 amide bonds. The Bertz CT molecular complexity index is 572. The van der Waals surface area contributed by atoms with Crippen LogP contribution < -0.4 is 11.1 Å². The van der Waals surface area contributed by atoms with Crippen molar-refractivity contribution in [3.8, 4) is 6.07 Å². The van der Waals surface area contributed by atoms with E-state index < -0.39 is 0 Å². The summed E-state index contributed by atoms with van der Waals surface area (Å²) in [6, 6.07) is 10.9. The number of halogens is 1. The SMILES string of the molecule is N#Cc1ccc(Nc2ncc(Br)cc2N)cc1. The molecule has 1 aromatic carbocycles. The number of pyridine rings is 1. The topological polar surface area (TPSA) is 74.7 Å². The van der Waals surface area contributed by atoms with Crippen LogP contribution >= 0.6 is 15.9 Å². The van der Waals surface area contributed by atoms with Crippen molar-refractivity contribution in [3.63, 3.8) is 0 Å². The molecule has 0 fully saturated rings. The minimum Gasteiger partial charge on any atom is -0.396 e. The zero-order valence-corrected chi connectivity index (χ0v) is 10.4. The Morgan fingerprint density at radius 1 is 1.29 bits per heavy atom. The average Bonchev–Trinajstić information content (AvgIpc) is 2.34. The Hall–Kier alpha value is -2.06. The fourth-order valence-electron chi connectivity index (χ4n) is 1.32. The van der Waals surface area contributed by atoms with Crippen LogP contribution in [-0.2, 0) is 0 Å². The zero-order valence-electron chi connectivity index (χ0n) is 8.81. The smallest absolute Gasteiger partial charge is 0.153 e. The van der Waals surface area contributed by atoms with Crippen molar-refractivity contribution in [2.24, 2.45) is 0 Å². The summed E-state index contributed by atoms with van der Waals surface area (Å²) in [6.07, 6.45) is 1.67. The molecular weight excluding hydrogens is 280 g/mol. The number of nitrogens with one attached hydrogen (secondary N) is 1. The lowest BCUT2D eigenvalue weighted by Gasteiger charge is -2.08. The molecule has 0 saturated carbocycles. The minimum atomic E-state index is 0.559. The summed E-state index contributed by atoms with van der Waals surface area (Å²) in [5.41, 5.74) is 7.83. The molecule has 0 saturated heterocycles. The van der Waals surface area contributed by atoms with Gasteiger partial charge in [0.1, 0.15) is 0 Å². The fourth-order valence-corrected chi connectivity index (χ4v) is 1.67. The molecule has 0 aliphatic rings. The largest absolute Gasteiger partial charge is 0.396 e. The maximum atomic E-state index is 8.68. The van der Waals surface area contributed by atoms with E-state index in [9.17, 15) is 0 Å². The predicted molar refractivity (Wildman–Crippen MR) is 70.8 cm³/mol. The average molecular weight is 289 g/mol. The monoisotopic (exact) mass is 288 g/mol. The van der Waals surface area contributed by atoms with Gasteiger partial charge in [0.05, 0.1) is 17.3 Å². The quantitative estimate of drug-likeness (QED) is 0.891. The van der Waals surface area contributed by atoms with E-state index in [1.807, 2.05) is 12.1 Å². The summed E-state index contributed by atoms with van der Waals surface area (Å²) in [5.74, 6) is 0.595. The minimum absolute atomic E-state index is 0.559. The summed E-state index contributed by atoms with van der Waals surface area (Å²) < 4.78 is 0.834. The van der Waals surface area contributed by atoms with Crippen molar-refractivity contribution in [3.05, 3.63) is 46.6 Å². The summed E-state index contributed by atoms with van der Waals surface area (Å²) in [4.78, 5) is 4.17. The molecule has 0 aliphatic heterocycles. The first-order valence-electron chi connectivity index (χ1n) is 4.87. The van der Waals surface area contributed by atoms with Gasteiger partial charge < -0.3 is 11.1 Å². The lowest BCUT2D eigenvalue weighted by molar-refractivity contribution is 1.29. The summed E-state index contributed by atoms with van der Waals surface area (Å²) >= 11 is 3.29. The van der Waals surface area contributed by atoms with Crippen LogP contribution in [0.3, 0.4) is 0 Å². The van der Waals surface area contributed by atoms with Crippen molar-refractivity contribution >= 4 is 33.1 Å². The standard InChI is InChI=1S/C12H9BrN4/c13-9-5-11(15)12(16-7-9)17-10-3-1-8(6-14)2-4-10/h1-5,7H,15H2,(H,16,17). The van der Waals surface area contributed by atoms with Crippen LogP contribution in [-0.4, -0.2) is 4.98 Å². The van der Waals surface area contributed by atoms with E-state index in [0.717, 1.165) is 10.2 Å². The van der Waals surface area contributed by atoms with E-state index >= 15 is 0 Å². The number of nitriles is 1. The van der Waals surface area contributed by atoms with Gasteiger partial charge in [-0.15, -0.1) is 0 Å². The molecule has 2 rings (SSSR count). The van der Waals surface area contributed by atoms with E-state index in [1.54, 1.807) is 24.4 Å². The maximum absolute atomic E-state index is 8.68.